The number of carbonyl (C=O) groups excluding carboxylic acids is 2. The van der Waals surface area contributed by atoms with Gasteiger partial charge in [0, 0.05) is 17.8 Å². The normalized spacial score (nSPS) is 14.8. The van der Waals surface area contributed by atoms with Crippen molar-refractivity contribution in [3.05, 3.63) is 64.3 Å². The molecule has 3 aromatic heterocycles. The smallest absolute Gasteiger partial charge is 0.254 e. The van der Waals surface area contributed by atoms with Gasteiger partial charge in [0.1, 0.15) is 22.8 Å². The van der Waals surface area contributed by atoms with Gasteiger partial charge in [-0.2, -0.15) is 5.10 Å². The zero-order valence-corrected chi connectivity index (χ0v) is 21.3. The Morgan fingerprint density at radius 2 is 1.95 bits per heavy atom. The van der Waals surface area contributed by atoms with Crippen LogP contribution in [-0.2, 0) is 10.3 Å². The Kier molecular flexibility index (Phi) is 5.99. The number of hydrogen-bond donors (Lipinski definition) is 3. The molecule has 0 radical (unpaired) electrons. The highest BCUT2D eigenvalue weighted by Crippen LogP contribution is 2.45. The fourth-order valence-electron chi connectivity index (χ4n) is 4.13. The molecule has 1 aliphatic rings. The van der Waals surface area contributed by atoms with E-state index >= 15 is 0 Å². The Labute approximate surface area is 218 Å². The number of halogens is 1. The molecule has 190 valence electrons. The highest BCUT2D eigenvalue weighted by molar-refractivity contribution is 6.33. The molecule has 37 heavy (non-hydrogen) atoms. The van der Waals surface area contributed by atoms with E-state index in [9.17, 15) is 9.59 Å². The molecule has 1 fully saturated rings. The number of nitrogens with zero attached hydrogens (tertiary/aromatic N) is 4. The van der Waals surface area contributed by atoms with Crippen molar-refractivity contribution >= 4 is 35.1 Å². The predicted molar refractivity (Wildman–Crippen MR) is 140 cm³/mol. The van der Waals surface area contributed by atoms with Crippen LogP contribution in [0.5, 0.6) is 0 Å². The molecule has 1 aliphatic carbocycles. The summed E-state index contributed by atoms with van der Waals surface area (Å²) in [6, 6.07) is 10.7. The number of aromatic nitrogens is 4. The van der Waals surface area contributed by atoms with Crippen LogP contribution in [0.4, 0.5) is 11.7 Å². The number of aryl methyl sites for hydroxylation is 1. The third kappa shape index (κ3) is 4.55. The summed E-state index contributed by atoms with van der Waals surface area (Å²) in [5, 5.41) is 11.9. The number of amides is 2. The standard InChI is InChI=1S/C26H26ClN7O3/c1-13-4-6-16(17(27)10-13)19-11-20(37-33-19)31-25(36)14(2)15-5-7-18(30-12-15)22-21(24(29)35)23(28)34(32-22)26(3)8-9-26/h4-7,10-12,14H,8-9,28H2,1-3H3,(H2,29,35)(H,31,36). The zero-order chi connectivity index (χ0) is 26.5. The molecule has 5 rings (SSSR count). The number of carbonyl (C=O) groups is 2. The summed E-state index contributed by atoms with van der Waals surface area (Å²) in [6.45, 7) is 5.71. The first-order valence-corrected chi connectivity index (χ1v) is 12.1. The number of rotatable bonds is 7. The van der Waals surface area contributed by atoms with Gasteiger partial charge >= 0.3 is 0 Å². The molecule has 0 bridgehead atoms. The van der Waals surface area contributed by atoms with Crippen LogP contribution in [0.2, 0.25) is 5.02 Å². The van der Waals surface area contributed by atoms with Crippen molar-refractivity contribution in [1.29, 1.82) is 0 Å². The summed E-state index contributed by atoms with van der Waals surface area (Å²) in [5.74, 6) is -1.09. The van der Waals surface area contributed by atoms with Crippen molar-refractivity contribution in [2.24, 2.45) is 5.73 Å². The number of pyridine rings is 1. The van der Waals surface area contributed by atoms with Crippen LogP contribution in [0.1, 0.15) is 54.1 Å². The van der Waals surface area contributed by atoms with E-state index in [1.54, 1.807) is 36.0 Å². The Morgan fingerprint density at radius 3 is 2.57 bits per heavy atom. The van der Waals surface area contributed by atoms with Gasteiger partial charge in [0.25, 0.3) is 5.91 Å². The fourth-order valence-corrected chi connectivity index (χ4v) is 4.46. The molecule has 0 saturated heterocycles. The molecule has 4 aromatic rings. The Hall–Kier alpha value is -4.18. The molecule has 11 heteroatoms. The van der Waals surface area contributed by atoms with Gasteiger partial charge in [-0.1, -0.05) is 35.0 Å². The van der Waals surface area contributed by atoms with E-state index in [1.807, 2.05) is 32.0 Å². The van der Waals surface area contributed by atoms with Crippen LogP contribution in [0, 0.1) is 6.92 Å². The average molecular weight is 520 g/mol. The molecule has 1 atom stereocenters. The summed E-state index contributed by atoms with van der Waals surface area (Å²) < 4.78 is 6.95. The Morgan fingerprint density at radius 1 is 1.19 bits per heavy atom. The highest BCUT2D eigenvalue weighted by atomic mass is 35.5. The second-order valence-electron chi connectivity index (χ2n) is 9.63. The van der Waals surface area contributed by atoms with Crippen molar-refractivity contribution in [1.82, 2.24) is 19.9 Å². The maximum atomic E-state index is 12.9. The number of benzene rings is 1. The first-order valence-electron chi connectivity index (χ1n) is 11.8. The van der Waals surface area contributed by atoms with Gasteiger partial charge < -0.3 is 16.0 Å². The van der Waals surface area contributed by atoms with Gasteiger partial charge in [-0.15, -0.1) is 0 Å². The van der Waals surface area contributed by atoms with Crippen LogP contribution in [0.15, 0.2) is 47.1 Å². The molecule has 1 aromatic carbocycles. The average Bonchev–Trinajstić information content (AvgIpc) is 3.26. The van der Waals surface area contributed by atoms with Crippen molar-refractivity contribution in [3.8, 4) is 22.6 Å². The van der Waals surface area contributed by atoms with Crippen LogP contribution in [0.3, 0.4) is 0 Å². The van der Waals surface area contributed by atoms with Gasteiger partial charge in [-0.25, -0.2) is 4.68 Å². The van der Waals surface area contributed by atoms with Gasteiger partial charge in [0.05, 0.1) is 22.2 Å². The molecule has 1 saturated carbocycles. The molecular formula is C26H26ClN7O3. The summed E-state index contributed by atoms with van der Waals surface area (Å²) in [6.07, 6.45) is 3.40. The molecule has 5 N–H and O–H groups in total. The Balaban J connectivity index is 1.33. The van der Waals surface area contributed by atoms with Crippen molar-refractivity contribution in [2.45, 2.75) is 45.1 Å². The molecule has 10 nitrogen and oxygen atoms in total. The number of anilines is 2. The maximum absolute atomic E-state index is 12.9. The lowest BCUT2D eigenvalue weighted by atomic mass is 10.0. The van der Waals surface area contributed by atoms with Gasteiger partial charge in [-0.05, 0) is 56.9 Å². The quantitative estimate of drug-likeness (QED) is 0.324. The Bertz CT molecular complexity index is 1520. The van der Waals surface area contributed by atoms with E-state index in [0.29, 0.717) is 33.2 Å². The molecule has 0 aliphatic heterocycles. The number of nitrogens with two attached hydrogens (primary N) is 2. The summed E-state index contributed by atoms with van der Waals surface area (Å²) >= 11 is 6.31. The van der Waals surface area contributed by atoms with Crippen molar-refractivity contribution in [3.63, 3.8) is 0 Å². The largest absolute Gasteiger partial charge is 0.383 e. The number of hydrogen-bond acceptors (Lipinski definition) is 7. The molecule has 1 unspecified atom stereocenters. The second kappa shape index (κ2) is 9.04. The lowest BCUT2D eigenvalue weighted by molar-refractivity contribution is -0.117. The minimum Gasteiger partial charge on any atom is -0.383 e. The van der Waals surface area contributed by atoms with E-state index in [4.69, 9.17) is 27.6 Å². The van der Waals surface area contributed by atoms with Gasteiger partial charge in [-0.3, -0.25) is 19.9 Å². The fraction of sp³-hybridized carbons (Fsp3) is 0.269. The topological polar surface area (TPSA) is 155 Å². The third-order valence-corrected chi connectivity index (χ3v) is 7.04. The van der Waals surface area contributed by atoms with E-state index in [0.717, 1.165) is 18.4 Å². The number of primary amides is 1. The van der Waals surface area contributed by atoms with Crippen LogP contribution in [0.25, 0.3) is 22.6 Å². The second-order valence-corrected chi connectivity index (χ2v) is 10.0. The zero-order valence-electron chi connectivity index (χ0n) is 20.6. The molecule has 0 spiro atoms. The summed E-state index contributed by atoms with van der Waals surface area (Å²) in [7, 11) is 0. The van der Waals surface area contributed by atoms with Gasteiger partial charge in [0.15, 0.2) is 0 Å². The first kappa shape index (κ1) is 24.5. The molecular weight excluding hydrogens is 494 g/mol. The molecule has 3 heterocycles. The maximum Gasteiger partial charge on any atom is 0.254 e. The lowest BCUT2D eigenvalue weighted by Gasteiger charge is -2.11. The number of nitrogen functional groups attached to an aromatic ring is 1. The third-order valence-electron chi connectivity index (χ3n) is 6.73. The number of nitrogens with one attached hydrogen (secondary N) is 1. The SMILES string of the molecule is Cc1ccc(-c2cc(NC(=O)C(C)c3ccc(-c4nn(C5(C)CC5)c(N)c4C(N)=O)nc3)on2)c(Cl)c1. The molecule has 2 amide bonds. The summed E-state index contributed by atoms with van der Waals surface area (Å²) in [4.78, 5) is 29.5. The van der Waals surface area contributed by atoms with Crippen molar-refractivity contribution < 1.29 is 14.1 Å². The minimum atomic E-state index is -0.667. The van der Waals surface area contributed by atoms with E-state index in [2.05, 4.69) is 20.6 Å². The monoisotopic (exact) mass is 519 g/mol. The van der Waals surface area contributed by atoms with Gasteiger partial charge in [0.2, 0.25) is 11.8 Å². The van der Waals surface area contributed by atoms with E-state index in [1.165, 1.54) is 0 Å². The van der Waals surface area contributed by atoms with Crippen LogP contribution in [-0.4, -0.2) is 31.7 Å². The first-order chi connectivity index (χ1) is 17.6. The van der Waals surface area contributed by atoms with Crippen LogP contribution < -0.4 is 16.8 Å². The van der Waals surface area contributed by atoms with E-state index in [-0.39, 0.29) is 28.7 Å². The van der Waals surface area contributed by atoms with Crippen LogP contribution >= 0.6 is 11.6 Å². The summed E-state index contributed by atoms with van der Waals surface area (Å²) in [5.41, 5.74) is 15.4. The predicted octanol–water partition coefficient (Wildman–Crippen LogP) is 4.49. The minimum absolute atomic E-state index is 0.147. The van der Waals surface area contributed by atoms with E-state index < -0.39 is 11.8 Å². The lowest BCUT2D eigenvalue weighted by Crippen LogP contribution is -2.19. The van der Waals surface area contributed by atoms with Crippen molar-refractivity contribution in [2.75, 3.05) is 11.1 Å². The highest BCUT2D eigenvalue weighted by Gasteiger charge is 2.43.